The van der Waals surface area contributed by atoms with E-state index in [1.54, 1.807) is 18.2 Å². The lowest BCUT2D eigenvalue weighted by molar-refractivity contribution is 0.156. The molecule has 2 aliphatic rings. The highest BCUT2D eigenvalue weighted by Crippen LogP contribution is 2.45. The molecule has 3 heteroatoms. The van der Waals surface area contributed by atoms with E-state index in [9.17, 15) is 8.78 Å². The number of fused-ring (bicyclic) bond motifs is 1. The molecule has 0 spiro atoms. The Morgan fingerprint density at radius 3 is 2.00 bits per heavy atom. The van der Waals surface area contributed by atoms with Crippen LogP contribution in [0.5, 0.6) is 0 Å². The average Bonchev–Trinajstić information content (AvgIpc) is 2.79. The second-order valence-corrected chi connectivity index (χ2v) is 10.2. The fraction of sp³-hybridized carbons (Fsp3) is 0.643. The number of aryl methyl sites for hydroxylation is 1. The predicted molar refractivity (Wildman–Crippen MR) is 123 cm³/mol. The van der Waals surface area contributed by atoms with Gasteiger partial charge in [0, 0.05) is 0 Å². The molecule has 0 aliphatic heterocycles. The van der Waals surface area contributed by atoms with Crippen LogP contribution < -0.4 is 0 Å². The molecule has 0 unspecified atom stereocenters. The molecule has 2 aromatic rings. The highest BCUT2D eigenvalue weighted by atomic mass is 19.2. The molecule has 0 bridgehead atoms. The number of hydrogen-bond donors (Lipinski definition) is 0. The molecule has 0 nitrogen and oxygen atoms in total. The molecule has 2 aliphatic carbocycles. The molecule has 0 heterocycles. The van der Waals surface area contributed by atoms with Crippen molar-refractivity contribution >= 4 is 10.8 Å². The summed E-state index contributed by atoms with van der Waals surface area (Å²) >= 11 is 0. The van der Waals surface area contributed by atoms with Gasteiger partial charge in [-0.2, -0.15) is 0 Å². The number of benzene rings is 2. The van der Waals surface area contributed by atoms with Gasteiger partial charge in [0.05, 0.1) is 5.39 Å². The highest BCUT2D eigenvalue weighted by molar-refractivity contribution is 5.85. The molecule has 31 heavy (non-hydrogen) atoms. The maximum absolute atomic E-state index is 15.0. The van der Waals surface area contributed by atoms with E-state index in [4.69, 9.17) is 0 Å². The molecular weight excluding hydrogens is 393 g/mol. The summed E-state index contributed by atoms with van der Waals surface area (Å²) in [5, 5.41) is 0.312. The SMILES string of the molecule is CCCc1ccc2cc(C3CCC(C4CCC(CCC)CC4)CC3)c(F)c(F)c2c1F. The van der Waals surface area contributed by atoms with Crippen molar-refractivity contribution in [3.63, 3.8) is 0 Å². The minimum absolute atomic E-state index is 0.0463. The van der Waals surface area contributed by atoms with Crippen LogP contribution in [0.2, 0.25) is 0 Å². The first-order valence-electron chi connectivity index (χ1n) is 12.6. The van der Waals surface area contributed by atoms with Gasteiger partial charge in [0.2, 0.25) is 0 Å². The van der Waals surface area contributed by atoms with Gasteiger partial charge in [-0.05, 0) is 91.2 Å². The lowest BCUT2D eigenvalue weighted by atomic mass is 9.68. The van der Waals surface area contributed by atoms with E-state index in [1.165, 1.54) is 38.5 Å². The number of rotatable bonds is 6. The maximum Gasteiger partial charge on any atom is 0.169 e. The molecule has 2 aromatic carbocycles. The second-order valence-electron chi connectivity index (χ2n) is 10.2. The molecular formula is C28H37F3. The van der Waals surface area contributed by atoms with Crippen LogP contribution in [0.15, 0.2) is 18.2 Å². The summed E-state index contributed by atoms with van der Waals surface area (Å²) in [7, 11) is 0. The van der Waals surface area contributed by atoms with E-state index >= 15 is 4.39 Å². The van der Waals surface area contributed by atoms with Gasteiger partial charge in [-0.1, -0.05) is 58.1 Å². The van der Waals surface area contributed by atoms with Crippen molar-refractivity contribution < 1.29 is 13.2 Å². The van der Waals surface area contributed by atoms with Gasteiger partial charge >= 0.3 is 0 Å². The van der Waals surface area contributed by atoms with Crippen molar-refractivity contribution in [1.29, 1.82) is 0 Å². The Morgan fingerprint density at radius 2 is 1.39 bits per heavy atom. The van der Waals surface area contributed by atoms with Gasteiger partial charge in [-0.25, -0.2) is 13.2 Å². The van der Waals surface area contributed by atoms with Crippen molar-refractivity contribution in [3.05, 3.63) is 46.8 Å². The topological polar surface area (TPSA) is 0 Å². The van der Waals surface area contributed by atoms with Crippen LogP contribution in [0.4, 0.5) is 13.2 Å². The van der Waals surface area contributed by atoms with Crippen molar-refractivity contribution in [2.45, 2.75) is 96.8 Å². The monoisotopic (exact) mass is 430 g/mol. The summed E-state index contributed by atoms with van der Waals surface area (Å²) in [5.41, 5.74) is 0.924. The lowest BCUT2D eigenvalue weighted by Crippen LogP contribution is -2.25. The molecule has 0 N–H and O–H groups in total. The summed E-state index contributed by atoms with van der Waals surface area (Å²) in [6.45, 7) is 4.23. The second kappa shape index (κ2) is 9.96. The summed E-state index contributed by atoms with van der Waals surface area (Å²) in [5.74, 6) is 0.0996. The quantitative estimate of drug-likeness (QED) is 0.429. The van der Waals surface area contributed by atoms with Crippen LogP contribution in [0.25, 0.3) is 10.8 Å². The molecule has 0 amide bonds. The van der Waals surface area contributed by atoms with Crippen LogP contribution in [0.3, 0.4) is 0 Å². The lowest BCUT2D eigenvalue weighted by Gasteiger charge is -2.38. The van der Waals surface area contributed by atoms with Crippen LogP contribution in [-0.2, 0) is 6.42 Å². The van der Waals surface area contributed by atoms with Crippen molar-refractivity contribution in [3.8, 4) is 0 Å². The maximum atomic E-state index is 15.0. The molecule has 0 radical (unpaired) electrons. The van der Waals surface area contributed by atoms with E-state index < -0.39 is 17.5 Å². The van der Waals surface area contributed by atoms with Gasteiger partial charge in [0.15, 0.2) is 11.6 Å². The molecule has 0 atom stereocenters. The third kappa shape index (κ3) is 4.66. The molecule has 0 saturated heterocycles. The standard InChI is InChI=1S/C28H37F3/c1-3-5-18-7-9-19(10-8-18)20-11-13-21(14-12-20)24-17-23-16-15-22(6-4-2)26(29)25(23)28(31)27(24)30/h15-21H,3-14H2,1-2H3. The Bertz CT molecular complexity index is 887. The van der Waals surface area contributed by atoms with Gasteiger partial charge in [0.25, 0.3) is 0 Å². The highest BCUT2D eigenvalue weighted by Gasteiger charge is 2.32. The van der Waals surface area contributed by atoms with Crippen LogP contribution in [-0.4, -0.2) is 0 Å². The molecule has 170 valence electrons. The smallest absolute Gasteiger partial charge is 0.169 e. The van der Waals surface area contributed by atoms with Gasteiger partial charge < -0.3 is 0 Å². The minimum atomic E-state index is -1.00. The zero-order chi connectivity index (χ0) is 22.0. The predicted octanol–water partition coefficient (Wildman–Crippen LogP) is 9.09. The minimum Gasteiger partial charge on any atom is -0.206 e. The van der Waals surface area contributed by atoms with E-state index in [0.717, 1.165) is 49.9 Å². The summed E-state index contributed by atoms with van der Waals surface area (Å²) in [6.07, 6.45) is 13.4. The van der Waals surface area contributed by atoms with E-state index in [-0.39, 0.29) is 11.3 Å². The van der Waals surface area contributed by atoms with Crippen molar-refractivity contribution in [2.24, 2.45) is 17.8 Å². The fourth-order valence-electron chi connectivity index (χ4n) is 6.46. The Labute approximate surface area is 185 Å². The van der Waals surface area contributed by atoms with Crippen molar-refractivity contribution in [2.75, 3.05) is 0 Å². The Morgan fingerprint density at radius 1 is 0.742 bits per heavy atom. The molecule has 4 rings (SSSR count). The summed E-state index contributed by atoms with van der Waals surface area (Å²) in [4.78, 5) is 0. The van der Waals surface area contributed by atoms with E-state index in [1.807, 2.05) is 6.92 Å². The van der Waals surface area contributed by atoms with Crippen LogP contribution >= 0.6 is 0 Å². The van der Waals surface area contributed by atoms with Crippen molar-refractivity contribution in [1.82, 2.24) is 0 Å². The third-order valence-corrected chi connectivity index (χ3v) is 8.22. The van der Waals surface area contributed by atoms with Gasteiger partial charge in [0.1, 0.15) is 5.82 Å². The zero-order valence-electron chi connectivity index (χ0n) is 19.2. The Kier molecular flexibility index (Phi) is 7.29. The van der Waals surface area contributed by atoms with Gasteiger partial charge in [-0.15, -0.1) is 0 Å². The number of halogens is 3. The molecule has 2 fully saturated rings. The van der Waals surface area contributed by atoms with Gasteiger partial charge in [-0.3, -0.25) is 0 Å². The first-order chi connectivity index (χ1) is 15.0. The van der Waals surface area contributed by atoms with E-state index in [0.29, 0.717) is 22.9 Å². The molecule has 2 saturated carbocycles. The first kappa shape index (κ1) is 22.7. The Hall–Kier alpha value is -1.51. The average molecular weight is 431 g/mol. The molecule has 0 aromatic heterocycles. The first-order valence-corrected chi connectivity index (χ1v) is 12.6. The zero-order valence-corrected chi connectivity index (χ0v) is 19.2. The summed E-state index contributed by atoms with van der Waals surface area (Å²) < 4.78 is 44.8. The fourth-order valence-corrected chi connectivity index (χ4v) is 6.46. The third-order valence-electron chi connectivity index (χ3n) is 8.22. The normalized spacial score (nSPS) is 27.0. The largest absolute Gasteiger partial charge is 0.206 e. The summed E-state index contributed by atoms with van der Waals surface area (Å²) in [6, 6.07) is 5.21. The van der Waals surface area contributed by atoms with Crippen LogP contribution in [0.1, 0.15) is 102 Å². The number of hydrogen-bond acceptors (Lipinski definition) is 0. The van der Waals surface area contributed by atoms with Crippen LogP contribution in [0, 0.1) is 35.2 Å². The van der Waals surface area contributed by atoms with E-state index in [2.05, 4.69) is 6.92 Å². The Balaban J connectivity index is 1.47.